The minimum atomic E-state index is -0.879. The number of rotatable bonds is 3. The first kappa shape index (κ1) is 20.3. The summed E-state index contributed by atoms with van der Waals surface area (Å²) in [5.74, 6) is -0.384. The standard InChI is InChI=1S/C23H30O6/c1-13(24)28-12-23-17-9-10-22(3)16(7-8-20(22)26)15(17)11-19(29-14(2)25)18(23)5-4-6-21(23)27/h4,6,15-19H,5,7-12H2,1-3H3/t15-,16+,17+,18-,19+,22-,23-/m1/s1. The van der Waals surface area contributed by atoms with Gasteiger partial charge in [0.05, 0.1) is 5.41 Å². The molecule has 0 heterocycles. The van der Waals surface area contributed by atoms with E-state index in [4.69, 9.17) is 9.47 Å². The lowest BCUT2D eigenvalue weighted by atomic mass is 9.44. The molecule has 3 saturated carbocycles. The number of ether oxygens (including phenoxy) is 2. The predicted molar refractivity (Wildman–Crippen MR) is 104 cm³/mol. The number of carbonyl (C=O) groups excluding carboxylic acids is 4. The highest BCUT2D eigenvalue weighted by atomic mass is 16.5. The van der Waals surface area contributed by atoms with Crippen molar-refractivity contribution < 1.29 is 28.7 Å². The van der Waals surface area contributed by atoms with Crippen LogP contribution in [0.3, 0.4) is 0 Å². The highest BCUT2D eigenvalue weighted by molar-refractivity contribution is 5.97. The van der Waals surface area contributed by atoms with Gasteiger partial charge in [-0.1, -0.05) is 13.0 Å². The quantitative estimate of drug-likeness (QED) is 0.675. The van der Waals surface area contributed by atoms with Gasteiger partial charge in [0.2, 0.25) is 0 Å². The molecule has 0 unspecified atom stereocenters. The predicted octanol–water partition coefficient (Wildman–Crippen LogP) is 3.03. The molecule has 0 aliphatic heterocycles. The summed E-state index contributed by atoms with van der Waals surface area (Å²) < 4.78 is 11.2. The van der Waals surface area contributed by atoms with Gasteiger partial charge in [0.15, 0.2) is 5.78 Å². The first-order valence-corrected chi connectivity index (χ1v) is 10.7. The summed E-state index contributed by atoms with van der Waals surface area (Å²) in [6.07, 6.45) is 7.27. The monoisotopic (exact) mass is 402 g/mol. The van der Waals surface area contributed by atoms with E-state index in [0.29, 0.717) is 25.0 Å². The molecule has 4 aliphatic rings. The molecule has 6 nitrogen and oxygen atoms in total. The van der Waals surface area contributed by atoms with Gasteiger partial charge >= 0.3 is 11.9 Å². The van der Waals surface area contributed by atoms with Gasteiger partial charge in [0.25, 0.3) is 0 Å². The number of ketones is 2. The van der Waals surface area contributed by atoms with Crippen LogP contribution in [0.15, 0.2) is 12.2 Å². The molecule has 0 aromatic heterocycles. The largest absolute Gasteiger partial charge is 0.465 e. The Balaban J connectivity index is 1.80. The van der Waals surface area contributed by atoms with Crippen LogP contribution in [0, 0.1) is 34.5 Å². The van der Waals surface area contributed by atoms with Crippen LogP contribution in [-0.4, -0.2) is 36.2 Å². The Hall–Kier alpha value is -1.98. The topological polar surface area (TPSA) is 86.7 Å². The van der Waals surface area contributed by atoms with E-state index in [1.54, 1.807) is 6.08 Å². The van der Waals surface area contributed by atoms with Crippen LogP contribution in [0.4, 0.5) is 0 Å². The molecule has 0 amide bonds. The van der Waals surface area contributed by atoms with E-state index in [2.05, 4.69) is 6.92 Å². The summed E-state index contributed by atoms with van der Waals surface area (Å²) in [4.78, 5) is 49.6. The van der Waals surface area contributed by atoms with Crippen molar-refractivity contribution in [2.24, 2.45) is 34.5 Å². The summed E-state index contributed by atoms with van der Waals surface area (Å²) in [6, 6.07) is 0. The Morgan fingerprint density at radius 3 is 2.55 bits per heavy atom. The number of carbonyl (C=O) groups is 4. The van der Waals surface area contributed by atoms with Crippen molar-refractivity contribution in [3.8, 4) is 0 Å². The molecule has 4 rings (SSSR count). The Labute approximate surface area is 171 Å². The zero-order valence-corrected chi connectivity index (χ0v) is 17.4. The third-order valence-electron chi connectivity index (χ3n) is 8.37. The number of Topliss-reactive ketones (excluding diaryl/α,β-unsaturated/α-hetero) is 1. The Morgan fingerprint density at radius 2 is 1.86 bits per heavy atom. The fraction of sp³-hybridized carbons (Fsp3) is 0.739. The van der Waals surface area contributed by atoms with E-state index in [9.17, 15) is 19.2 Å². The van der Waals surface area contributed by atoms with Crippen molar-refractivity contribution in [3.05, 3.63) is 12.2 Å². The lowest BCUT2D eigenvalue weighted by molar-refractivity contribution is -0.195. The van der Waals surface area contributed by atoms with Crippen LogP contribution in [0.5, 0.6) is 0 Å². The van der Waals surface area contributed by atoms with Gasteiger partial charge in [-0.25, -0.2) is 0 Å². The zero-order valence-electron chi connectivity index (χ0n) is 17.4. The second kappa shape index (κ2) is 7.06. The van der Waals surface area contributed by atoms with Gasteiger partial charge in [-0.2, -0.15) is 0 Å². The van der Waals surface area contributed by atoms with E-state index in [1.807, 2.05) is 6.08 Å². The van der Waals surface area contributed by atoms with Crippen molar-refractivity contribution in [1.29, 1.82) is 0 Å². The summed E-state index contributed by atoms with van der Waals surface area (Å²) in [5, 5.41) is 0. The number of allylic oxidation sites excluding steroid dienone is 2. The molecule has 0 spiro atoms. The molecule has 4 aliphatic carbocycles. The third kappa shape index (κ3) is 2.98. The molecular weight excluding hydrogens is 372 g/mol. The van der Waals surface area contributed by atoms with Gasteiger partial charge < -0.3 is 9.47 Å². The molecule has 0 radical (unpaired) electrons. The van der Waals surface area contributed by atoms with E-state index < -0.39 is 17.5 Å². The van der Waals surface area contributed by atoms with Gasteiger partial charge in [-0.05, 0) is 55.9 Å². The molecule has 0 N–H and O–H groups in total. The van der Waals surface area contributed by atoms with Gasteiger partial charge in [-0.15, -0.1) is 0 Å². The average molecular weight is 402 g/mol. The molecule has 3 fully saturated rings. The number of fused-ring (bicyclic) bond motifs is 5. The van der Waals surface area contributed by atoms with Crippen molar-refractivity contribution in [2.75, 3.05) is 6.61 Å². The van der Waals surface area contributed by atoms with Gasteiger partial charge in [0.1, 0.15) is 18.5 Å². The molecule has 158 valence electrons. The van der Waals surface area contributed by atoms with E-state index in [-0.39, 0.29) is 47.4 Å². The lowest BCUT2D eigenvalue weighted by Crippen LogP contribution is -2.63. The highest BCUT2D eigenvalue weighted by Gasteiger charge is 2.66. The summed E-state index contributed by atoms with van der Waals surface area (Å²) in [5.41, 5.74) is -1.23. The highest BCUT2D eigenvalue weighted by Crippen LogP contribution is 2.64. The van der Waals surface area contributed by atoms with Crippen LogP contribution in [0.2, 0.25) is 0 Å². The number of esters is 2. The van der Waals surface area contributed by atoms with Crippen molar-refractivity contribution in [3.63, 3.8) is 0 Å². The molecule has 0 aromatic rings. The van der Waals surface area contributed by atoms with E-state index in [1.165, 1.54) is 13.8 Å². The van der Waals surface area contributed by atoms with Crippen molar-refractivity contribution in [2.45, 2.75) is 65.4 Å². The molecule has 0 bridgehead atoms. The normalized spacial score (nSPS) is 43.2. The fourth-order valence-electron chi connectivity index (χ4n) is 7.12. The van der Waals surface area contributed by atoms with Crippen LogP contribution in [-0.2, 0) is 28.7 Å². The maximum absolute atomic E-state index is 13.4. The second-order valence-corrected chi connectivity index (χ2v) is 9.61. The smallest absolute Gasteiger partial charge is 0.302 e. The Kier molecular flexibility index (Phi) is 4.94. The minimum absolute atomic E-state index is 0.0203. The molecule has 0 saturated heterocycles. The van der Waals surface area contributed by atoms with Crippen LogP contribution >= 0.6 is 0 Å². The molecule has 7 atom stereocenters. The average Bonchev–Trinajstić information content (AvgIpc) is 2.95. The van der Waals surface area contributed by atoms with Crippen molar-refractivity contribution in [1.82, 2.24) is 0 Å². The molecule has 0 aromatic carbocycles. The van der Waals surface area contributed by atoms with E-state index >= 15 is 0 Å². The zero-order chi connectivity index (χ0) is 21.0. The van der Waals surface area contributed by atoms with Gasteiger partial charge in [-0.3, -0.25) is 19.2 Å². The Bertz CT molecular complexity index is 784. The summed E-state index contributed by atoms with van der Waals surface area (Å²) in [7, 11) is 0. The summed E-state index contributed by atoms with van der Waals surface area (Å²) >= 11 is 0. The summed E-state index contributed by atoms with van der Waals surface area (Å²) in [6.45, 7) is 4.83. The second-order valence-electron chi connectivity index (χ2n) is 9.61. The van der Waals surface area contributed by atoms with Crippen molar-refractivity contribution >= 4 is 23.5 Å². The number of hydrogen-bond acceptors (Lipinski definition) is 6. The SMILES string of the molecule is CC(=O)OC[C@]12C(=O)C=CC[C@@H]1[C@@H](OC(C)=O)C[C@H]1[C@@H]2CC[C@@]2(C)C(=O)CC[C@@H]12. The number of hydrogen-bond donors (Lipinski definition) is 0. The lowest BCUT2D eigenvalue weighted by Gasteiger charge is -2.59. The maximum Gasteiger partial charge on any atom is 0.302 e. The van der Waals surface area contributed by atoms with Crippen LogP contribution < -0.4 is 0 Å². The van der Waals surface area contributed by atoms with Crippen LogP contribution in [0.1, 0.15) is 59.3 Å². The third-order valence-corrected chi connectivity index (χ3v) is 8.37. The first-order chi connectivity index (χ1) is 13.7. The first-order valence-electron chi connectivity index (χ1n) is 10.7. The van der Waals surface area contributed by atoms with E-state index in [0.717, 1.165) is 19.3 Å². The fourth-order valence-corrected chi connectivity index (χ4v) is 7.12. The van der Waals surface area contributed by atoms with Gasteiger partial charge in [0, 0.05) is 31.6 Å². The molecule has 29 heavy (non-hydrogen) atoms. The Morgan fingerprint density at radius 1 is 1.10 bits per heavy atom. The van der Waals surface area contributed by atoms with Crippen LogP contribution in [0.25, 0.3) is 0 Å². The molecular formula is C23H30O6. The minimum Gasteiger partial charge on any atom is -0.465 e. The molecule has 6 heteroatoms. The maximum atomic E-state index is 13.4.